The molecule has 2 saturated heterocycles. The maximum absolute atomic E-state index is 14.7. The highest BCUT2D eigenvalue weighted by molar-refractivity contribution is 6.38. The Hall–Kier alpha value is -3.90. The molecule has 8 atom stereocenters. The lowest BCUT2D eigenvalue weighted by Gasteiger charge is -2.46. The van der Waals surface area contributed by atoms with Gasteiger partial charge in [-0.25, -0.2) is 4.98 Å². The summed E-state index contributed by atoms with van der Waals surface area (Å²) in [6, 6.07) is -3.80. The fourth-order valence-electron chi connectivity index (χ4n) is 7.50. The van der Waals surface area contributed by atoms with E-state index in [4.69, 9.17) is 0 Å². The minimum atomic E-state index is -1.01. The van der Waals surface area contributed by atoms with Gasteiger partial charge in [0.25, 0.3) is 11.8 Å². The highest BCUT2D eigenvalue weighted by atomic mass is 16.2. The molecule has 0 unspecified atom stereocenters. The van der Waals surface area contributed by atoms with Gasteiger partial charge in [-0.15, -0.1) is 0 Å². The molecule has 1 aromatic heterocycles. The van der Waals surface area contributed by atoms with E-state index in [1.807, 2.05) is 48.5 Å². The molecule has 0 bridgehead atoms. The van der Waals surface area contributed by atoms with Crippen molar-refractivity contribution in [2.75, 3.05) is 13.1 Å². The van der Waals surface area contributed by atoms with Gasteiger partial charge in [-0.2, -0.15) is 0 Å². The number of nitrogens with zero attached hydrogens (tertiary/aromatic N) is 4. The standard InChI is InChI=1S/C35H53N7O6/c1-8-11-24(28(43)32(46)38-21(4)9-2)39-31(45)27-23-13-10-12-22(23)19-42(27)34(48)29(35(5,6)7)41-17-14-20(3)26(33(41)47)40-30(44)25-18-36-15-16-37-25/h15-16,18,20-24,26-27,29H,8-14,17,19H2,1-7H3,(H,38,46)(H,39,45)(H,40,44)/t20-,21-,22-,23-,24-,26-,27-,29+/m0/s1. The molecule has 3 heterocycles. The molecule has 0 aromatic carbocycles. The van der Waals surface area contributed by atoms with Crippen LogP contribution in [0.5, 0.6) is 0 Å². The van der Waals surface area contributed by atoms with Crippen LogP contribution in [0.15, 0.2) is 18.6 Å². The summed E-state index contributed by atoms with van der Waals surface area (Å²) in [5, 5.41) is 8.38. The smallest absolute Gasteiger partial charge is 0.289 e. The number of hydrogen-bond donors (Lipinski definition) is 3. The molecule has 264 valence electrons. The highest BCUT2D eigenvalue weighted by Gasteiger charge is 2.54. The number of nitrogens with one attached hydrogen (secondary N) is 3. The largest absolute Gasteiger partial charge is 0.347 e. The van der Waals surface area contributed by atoms with Crippen molar-refractivity contribution in [2.45, 2.75) is 124 Å². The predicted octanol–water partition coefficient (Wildman–Crippen LogP) is 2.25. The molecule has 1 aliphatic carbocycles. The van der Waals surface area contributed by atoms with Gasteiger partial charge in [-0.1, -0.05) is 54.4 Å². The Labute approximate surface area is 283 Å². The number of amides is 5. The van der Waals surface area contributed by atoms with Crippen LogP contribution in [-0.4, -0.2) is 98.4 Å². The van der Waals surface area contributed by atoms with E-state index in [9.17, 15) is 28.8 Å². The van der Waals surface area contributed by atoms with Gasteiger partial charge in [0, 0.05) is 31.5 Å². The number of carbonyl (C=O) groups is 6. The zero-order valence-corrected chi connectivity index (χ0v) is 29.5. The molecular formula is C35H53N7O6. The van der Waals surface area contributed by atoms with E-state index in [-0.39, 0.29) is 41.3 Å². The summed E-state index contributed by atoms with van der Waals surface area (Å²) in [7, 11) is 0. The van der Waals surface area contributed by atoms with Crippen molar-refractivity contribution in [2.24, 2.45) is 23.2 Å². The molecule has 48 heavy (non-hydrogen) atoms. The molecule has 2 aliphatic heterocycles. The first-order chi connectivity index (χ1) is 22.7. The fraction of sp³-hybridized carbons (Fsp3) is 0.714. The third-order valence-electron chi connectivity index (χ3n) is 10.3. The van der Waals surface area contributed by atoms with E-state index in [0.29, 0.717) is 38.8 Å². The van der Waals surface area contributed by atoms with E-state index in [1.165, 1.54) is 18.6 Å². The average Bonchev–Trinajstić information content (AvgIpc) is 3.65. The van der Waals surface area contributed by atoms with Crippen LogP contribution in [-0.2, 0) is 24.0 Å². The number of hydrogen-bond acceptors (Lipinski definition) is 8. The third kappa shape index (κ3) is 8.03. The fourth-order valence-corrected chi connectivity index (χ4v) is 7.50. The second-order valence-corrected chi connectivity index (χ2v) is 14.9. The van der Waals surface area contributed by atoms with Crippen LogP contribution in [0.3, 0.4) is 0 Å². The molecule has 13 heteroatoms. The molecule has 13 nitrogen and oxygen atoms in total. The Morgan fingerprint density at radius 2 is 1.77 bits per heavy atom. The van der Waals surface area contributed by atoms with Crippen molar-refractivity contribution in [3.63, 3.8) is 0 Å². The zero-order chi connectivity index (χ0) is 35.3. The van der Waals surface area contributed by atoms with Gasteiger partial charge < -0.3 is 25.8 Å². The van der Waals surface area contributed by atoms with Gasteiger partial charge in [0.2, 0.25) is 23.5 Å². The summed E-state index contributed by atoms with van der Waals surface area (Å²) in [4.78, 5) is 93.1. The molecule has 1 saturated carbocycles. The van der Waals surface area contributed by atoms with Gasteiger partial charge in [0.15, 0.2) is 0 Å². The summed E-state index contributed by atoms with van der Waals surface area (Å²) in [6.07, 6.45) is 8.87. The number of piperidine rings is 1. The van der Waals surface area contributed by atoms with Crippen molar-refractivity contribution in [1.82, 2.24) is 35.7 Å². The molecule has 1 aromatic rings. The summed E-state index contributed by atoms with van der Waals surface area (Å²) in [5.41, 5.74) is -0.618. The number of carbonyl (C=O) groups excluding carboxylic acids is 6. The first-order valence-electron chi connectivity index (χ1n) is 17.5. The number of rotatable bonds is 12. The molecule has 0 spiro atoms. The lowest BCUT2D eigenvalue weighted by Crippen LogP contribution is -2.65. The van der Waals surface area contributed by atoms with Crippen molar-refractivity contribution < 1.29 is 28.8 Å². The Balaban J connectivity index is 1.59. The van der Waals surface area contributed by atoms with Gasteiger partial charge in [0.05, 0.1) is 12.2 Å². The van der Waals surface area contributed by atoms with Crippen LogP contribution in [0.25, 0.3) is 0 Å². The van der Waals surface area contributed by atoms with E-state index in [0.717, 1.165) is 19.3 Å². The summed E-state index contributed by atoms with van der Waals surface area (Å²) >= 11 is 0. The van der Waals surface area contributed by atoms with Gasteiger partial charge in [-0.05, 0) is 62.2 Å². The number of aromatic nitrogens is 2. The maximum Gasteiger partial charge on any atom is 0.289 e. The maximum atomic E-state index is 14.7. The van der Waals surface area contributed by atoms with Crippen LogP contribution in [0.1, 0.15) is 104 Å². The molecule has 0 radical (unpaired) electrons. The Morgan fingerprint density at radius 3 is 2.40 bits per heavy atom. The van der Waals surface area contributed by atoms with Crippen LogP contribution in [0, 0.1) is 23.2 Å². The summed E-state index contributed by atoms with van der Waals surface area (Å²) in [5.74, 6) is -3.22. The van der Waals surface area contributed by atoms with Crippen LogP contribution >= 0.6 is 0 Å². The minimum absolute atomic E-state index is 0.0861. The normalized spacial score (nSPS) is 25.9. The first-order valence-corrected chi connectivity index (χ1v) is 17.5. The van der Waals surface area contributed by atoms with Crippen molar-refractivity contribution in [1.29, 1.82) is 0 Å². The summed E-state index contributed by atoms with van der Waals surface area (Å²) < 4.78 is 0. The molecule has 3 N–H and O–H groups in total. The molecule has 4 rings (SSSR count). The lowest BCUT2D eigenvalue weighted by molar-refractivity contribution is -0.157. The Kier molecular flexibility index (Phi) is 12.0. The van der Waals surface area contributed by atoms with E-state index >= 15 is 0 Å². The number of ketones is 1. The molecule has 3 fully saturated rings. The molecular weight excluding hydrogens is 614 g/mol. The van der Waals surface area contributed by atoms with E-state index in [2.05, 4.69) is 25.9 Å². The van der Waals surface area contributed by atoms with Crippen molar-refractivity contribution >= 4 is 35.3 Å². The van der Waals surface area contributed by atoms with Gasteiger partial charge >= 0.3 is 0 Å². The zero-order valence-electron chi connectivity index (χ0n) is 29.5. The average molecular weight is 668 g/mol. The van der Waals surface area contributed by atoms with Crippen LogP contribution in [0.2, 0.25) is 0 Å². The molecule has 5 amide bonds. The molecule has 3 aliphatic rings. The highest BCUT2D eigenvalue weighted by Crippen LogP contribution is 2.44. The van der Waals surface area contributed by atoms with Crippen LogP contribution in [0.4, 0.5) is 0 Å². The van der Waals surface area contributed by atoms with E-state index < -0.39 is 53.1 Å². The quantitative estimate of drug-likeness (QED) is 0.285. The third-order valence-corrected chi connectivity index (χ3v) is 10.3. The van der Waals surface area contributed by atoms with Crippen molar-refractivity contribution in [3.8, 4) is 0 Å². The van der Waals surface area contributed by atoms with Crippen LogP contribution < -0.4 is 16.0 Å². The Bertz CT molecular complexity index is 1360. The predicted molar refractivity (Wildman–Crippen MR) is 178 cm³/mol. The topological polar surface area (TPSA) is 171 Å². The van der Waals surface area contributed by atoms with E-state index in [1.54, 1.807) is 9.80 Å². The monoisotopic (exact) mass is 667 g/mol. The Morgan fingerprint density at radius 1 is 1.04 bits per heavy atom. The SMILES string of the molecule is CCC[C@H](NC(=O)[C@@H]1[C@H]2CCC[C@H]2CN1C(=O)[C@@H](N1CC[C@H](C)[C@H](NC(=O)c2cnccn2)C1=O)C(C)(C)C)C(=O)C(=O)N[C@@H](C)CC. The lowest BCUT2D eigenvalue weighted by atomic mass is 9.81. The second kappa shape index (κ2) is 15.5. The first kappa shape index (κ1) is 36.9. The number of likely N-dealkylation sites (tertiary alicyclic amines) is 2. The minimum Gasteiger partial charge on any atom is -0.347 e. The second-order valence-electron chi connectivity index (χ2n) is 14.9. The van der Waals surface area contributed by atoms with Gasteiger partial charge in [0.1, 0.15) is 23.8 Å². The van der Waals surface area contributed by atoms with Crippen molar-refractivity contribution in [3.05, 3.63) is 24.3 Å². The number of fused-ring (bicyclic) bond motifs is 1. The number of Topliss-reactive ketones (excluding diaryl/α,β-unsaturated/α-hetero) is 1. The summed E-state index contributed by atoms with van der Waals surface area (Å²) in [6.45, 7) is 13.9. The van der Waals surface area contributed by atoms with Gasteiger partial charge in [-0.3, -0.25) is 33.8 Å².